The number of rotatable bonds is 9. The topological polar surface area (TPSA) is 0 Å². The number of hydrogen-bond acceptors (Lipinski definition) is 0. The molecule has 28 heavy (non-hydrogen) atoms. The molecule has 0 bridgehead atoms. The van der Waals surface area contributed by atoms with Gasteiger partial charge in [-0.1, -0.05) is 56.5 Å². The summed E-state index contributed by atoms with van der Waals surface area (Å²) in [6, 6.07) is 9.62. The Morgan fingerprint density at radius 2 is 1.46 bits per heavy atom. The third kappa shape index (κ3) is 6.46. The van der Waals surface area contributed by atoms with Crippen molar-refractivity contribution in [2.24, 2.45) is 17.8 Å². The van der Waals surface area contributed by atoms with Crippen LogP contribution < -0.4 is 0 Å². The van der Waals surface area contributed by atoms with E-state index in [1.807, 2.05) is 0 Å². The summed E-state index contributed by atoms with van der Waals surface area (Å²) in [4.78, 5) is 0. The van der Waals surface area contributed by atoms with E-state index in [1.54, 1.807) is 11.6 Å². The van der Waals surface area contributed by atoms with Crippen LogP contribution in [-0.2, 0) is 6.42 Å². The maximum absolute atomic E-state index is 12.2. The molecule has 0 aliphatic heterocycles. The minimum atomic E-state index is 0.729. The van der Waals surface area contributed by atoms with E-state index in [4.69, 9.17) is 0 Å². The van der Waals surface area contributed by atoms with Crippen LogP contribution in [-0.4, -0.2) is 0 Å². The summed E-state index contributed by atoms with van der Waals surface area (Å²) in [7, 11) is 0. The minimum Gasteiger partial charge on any atom is -0.216 e. The molecule has 0 aromatic heterocycles. The molecule has 156 valence electrons. The molecule has 0 radical (unpaired) electrons. The zero-order valence-electron chi connectivity index (χ0n) is 18.1. The Labute approximate surface area is 173 Å². The van der Waals surface area contributed by atoms with Crippen molar-refractivity contribution in [3.63, 3.8) is 0 Å². The predicted molar refractivity (Wildman–Crippen MR) is 119 cm³/mol. The van der Waals surface area contributed by atoms with Crippen molar-refractivity contribution in [2.45, 2.75) is 103 Å². The Morgan fingerprint density at radius 1 is 0.821 bits per heavy atom. The molecule has 1 aromatic rings. The van der Waals surface area contributed by atoms with Gasteiger partial charge in [0.2, 0.25) is 0 Å². The van der Waals surface area contributed by atoms with Crippen molar-refractivity contribution >= 4 is 0 Å². The largest absolute Gasteiger partial charge is 0.216 e. The van der Waals surface area contributed by atoms with Crippen LogP contribution in [0.25, 0.3) is 0 Å². The standard InChI is InChI=1S/C27H41F/c1-2-3-4-5-7-22-9-13-24(14-10-22)26-17-19-27(20-18-26)25-15-11-23(12-16-25)8-6-21-28/h6,9-10,13-14,21,23,25-27H,2-5,7-8,11-12,15-20H2,1H3. The average Bonchev–Trinajstić information content (AvgIpc) is 2.76. The van der Waals surface area contributed by atoms with Crippen LogP contribution in [0.15, 0.2) is 36.7 Å². The molecule has 0 amide bonds. The normalized spacial score (nSPS) is 28.6. The first-order chi connectivity index (χ1) is 13.8. The fraction of sp³-hybridized carbons (Fsp3) is 0.704. The molecule has 0 spiro atoms. The van der Waals surface area contributed by atoms with E-state index in [2.05, 4.69) is 31.2 Å². The van der Waals surface area contributed by atoms with E-state index >= 15 is 0 Å². The van der Waals surface area contributed by atoms with E-state index in [1.165, 1.54) is 89.0 Å². The lowest BCUT2D eigenvalue weighted by Crippen LogP contribution is -2.25. The van der Waals surface area contributed by atoms with Crippen LogP contribution in [0.5, 0.6) is 0 Å². The van der Waals surface area contributed by atoms with Crippen molar-refractivity contribution in [1.82, 2.24) is 0 Å². The van der Waals surface area contributed by atoms with Crippen LogP contribution in [0, 0.1) is 17.8 Å². The second-order valence-electron chi connectivity index (χ2n) is 9.54. The first-order valence-electron chi connectivity index (χ1n) is 12.1. The molecule has 3 rings (SSSR count). The van der Waals surface area contributed by atoms with Gasteiger partial charge in [-0.3, -0.25) is 0 Å². The molecule has 2 saturated carbocycles. The first-order valence-corrected chi connectivity index (χ1v) is 12.1. The van der Waals surface area contributed by atoms with Gasteiger partial charge >= 0.3 is 0 Å². The fourth-order valence-corrected chi connectivity index (χ4v) is 5.78. The average molecular weight is 385 g/mol. The summed E-state index contributed by atoms with van der Waals surface area (Å²) in [6.07, 6.45) is 21.0. The summed E-state index contributed by atoms with van der Waals surface area (Å²) in [5.41, 5.74) is 3.10. The lowest BCUT2D eigenvalue weighted by atomic mass is 9.68. The smallest absolute Gasteiger partial charge is 0.0827 e. The highest BCUT2D eigenvalue weighted by Gasteiger charge is 2.31. The van der Waals surface area contributed by atoms with Gasteiger partial charge in [0.05, 0.1) is 6.33 Å². The number of unbranched alkanes of at least 4 members (excludes halogenated alkanes) is 3. The van der Waals surface area contributed by atoms with Crippen LogP contribution in [0.2, 0.25) is 0 Å². The van der Waals surface area contributed by atoms with Crippen molar-refractivity contribution in [2.75, 3.05) is 0 Å². The van der Waals surface area contributed by atoms with Crippen LogP contribution in [0.3, 0.4) is 0 Å². The number of halogens is 1. The Morgan fingerprint density at radius 3 is 2.07 bits per heavy atom. The Balaban J connectivity index is 1.39. The third-order valence-corrected chi connectivity index (χ3v) is 7.66. The lowest BCUT2D eigenvalue weighted by Gasteiger charge is -2.38. The van der Waals surface area contributed by atoms with Gasteiger partial charge in [0, 0.05) is 0 Å². The molecular weight excluding hydrogens is 343 g/mol. The Kier molecular flexibility index (Phi) is 9.09. The van der Waals surface area contributed by atoms with Crippen molar-refractivity contribution in [3.05, 3.63) is 47.8 Å². The molecular formula is C27H41F. The molecule has 2 fully saturated rings. The molecule has 0 nitrogen and oxygen atoms in total. The van der Waals surface area contributed by atoms with Gasteiger partial charge < -0.3 is 0 Å². The molecule has 0 N–H and O–H groups in total. The number of hydrogen-bond donors (Lipinski definition) is 0. The summed E-state index contributed by atoms with van der Waals surface area (Å²) in [5, 5.41) is 0. The first kappa shape index (κ1) is 21.6. The molecule has 0 atom stereocenters. The van der Waals surface area contributed by atoms with Crippen molar-refractivity contribution in [1.29, 1.82) is 0 Å². The molecule has 0 heterocycles. The van der Waals surface area contributed by atoms with Gasteiger partial charge in [0.25, 0.3) is 0 Å². The van der Waals surface area contributed by atoms with Crippen LogP contribution in [0.4, 0.5) is 4.39 Å². The molecule has 0 unspecified atom stereocenters. The number of benzene rings is 1. The SMILES string of the molecule is CCCCCCc1ccc(C2CCC(C3CCC(CC=CF)CC3)CC2)cc1. The second-order valence-corrected chi connectivity index (χ2v) is 9.54. The Bertz CT molecular complexity index is 556. The number of allylic oxidation sites excluding steroid dienone is 1. The molecule has 1 aromatic carbocycles. The maximum atomic E-state index is 12.2. The molecule has 2 aliphatic rings. The minimum absolute atomic E-state index is 0.729. The second kappa shape index (κ2) is 11.8. The zero-order valence-corrected chi connectivity index (χ0v) is 18.1. The fourth-order valence-electron chi connectivity index (χ4n) is 5.78. The summed E-state index contributed by atoms with van der Waals surface area (Å²) in [5.74, 6) is 3.42. The van der Waals surface area contributed by atoms with Gasteiger partial charge in [-0.2, -0.15) is 0 Å². The molecule has 0 saturated heterocycles. The number of aryl methyl sites for hydroxylation is 1. The van der Waals surface area contributed by atoms with Gasteiger partial charge in [0.15, 0.2) is 0 Å². The maximum Gasteiger partial charge on any atom is 0.0827 e. The van der Waals surface area contributed by atoms with E-state index in [0.717, 1.165) is 36.4 Å². The lowest BCUT2D eigenvalue weighted by molar-refractivity contribution is 0.160. The van der Waals surface area contributed by atoms with Gasteiger partial charge in [-0.25, -0.2) is 4.39 Å². The van der Waals surface area contributed by atoms with Crippen LogP contribution in [0.1, 0.15) is 107 Å². The van der Waals surface area contributed by atoms with E-state index in [9.17, 15) is 4.39 Å². The van der Waals surface area contributed by atoms with Crippen molar-refractivity contribution < 1.29 is 4.39 Å². The van der Waals surface area contributed by atoms with E-state index < -0.39 is 0 Å². The third-order valence-electron chi connectivity index (χ3n) is 7.66. The molecule has 1 heteroatoms. The highest BCUT2D eigenvalue weighted by molar-refractivity contribution is 5.26. The zero-order chi connectivity index (χ0) is 19.6. The summed E-state index contributed by atoms with van der Waals surface area (Å²) < 4.78 is 12.2. The molecule has 2 aliphatic carbocycles. The van der Waals surface area contributed by atoms with E-state index in [0.29, 0.717) is 0 Å². The summed E-state index contributed by atoms with van der Waals surface area (Å²) >= 11 is 0. The van der Waals surface area contributed by atoms with Gasteiger partial charge in [-0.05, 0) is 105 Å². The quantitative estimate of drug-likeness (QED) is 0.373. The van der Waals surface area contributed by atoms with Crippen LogP contribution >= 0.6 is 0 Å². The van der Waals surface area contributed by atoms with Crippen molar-refractivity contribution in [3.8, 4) is 0 Å². The highest BCUT2D eigenvalue weighted by atomic mass is 19.1. The summed E-state index contributed by atoms with van der Waals surface area (Å²) in [6.45, 7) is 2.28. The monoisotopic (exact) mass is 384 g/mol. The highest BCUT2D eigenvalue weighted by Crippen LogP contribution is 2.44. The van der Waals surface area contributed by atoms with E-state index in [-0.39, 0.29) is 0 Å². The van der Waals surface area contributed by atoms with Gasteiger partial charge in [-0.15, -0.1) is 0 Å². The van der Waals surface area contributed by atoms with Gasteiger partial charge in [0.1, 0.15) is 0 Å². The Hall–Kier alpha value is -1.11. The predicted octanol–water partition coefficient (Wildman–Crippen LogP) is 8.76.